The van der Waals surface area contributed by atoms with Gasteiger partial charge in [0, 0.05) is 33.9 Å². The Morgan fingerprint density at radius 1 is 1.00 bits per heavy atom. The summed E-state index contributed by atoms with van der Waals surface area (Å²) < 4.78 is 10.4. The first-order valence-electron chi connectivity index (χ1n) is 7.22. The highest BCUT2D eigenvalue weighted by Crippen LogP contribution is 2.29. The fraction of sp³-hybridized carbons (Fsp3) is 1.00. The van der Waals surface area contributed by atoms with E-state index in [-0.39, 0.29) is 0 Å². The van der Waals surface area contributed by atoms with Crippen molar-refractivity contribution >= 4 is 0 Å². The molecule has 1 saturated carbocycles. The van der Waals surface area contributed by atoms with Crippen molar-refractivity contribution in [2.75, 3.05) is 53.6 Å². The molecule has 0 amide bonds. The van der Waals surface area contributed by atoms with Crippen molar-refractivity contribution in [1.82, 2.24) is 4.90 Å². The second-order valence-electron chi connectivity index (χ2n) is 5.33. The van der Waals surface area contributed by atoms with Gasteiger partial charge >= 0.3 is 0 Å². The number of ether oxygens (including phenoxy) is 2. The molecule has 108 valence electrons. The van der Waals surface area contributed by atoms with Crippen molar-refractivity contribution in [2.45, 2.75) is 25.7 Å². The van der Waals surface area contributed by atoms with Crippen LogP contribution in [0.2, 0.25) is 0 Å². The van der Waals surface area contributed by atoms with Crippen molar-refractivity contribution in [3.05, 3.63) is 0 Å². The molecule has 4 nitrogen and oxygen atoms in total. The summed E-state index contributed by atoms with van der Waals surface area (Å²) >= 11 is 0. The molecule has 2 N–H and O–H groups in total. The van der Waals surface area contributed by atoms with Crippen molar-refractivity contribution < 1.29 is 9.47 Å². The van der Waals surface area contributed by atoms with E-state index in [0.717, 1.165) is 45.3 Å². The van der Waals surface area contributed by atoms with Crippen molar-refractivity contribution in [1.29, 1.82) is 0 Å². The molecule has 0 aromatic rings. The van der Waals surface area contributed by atoms with Crippen LogP contribution in [0.3, 0.4) is 0 Å². The van der Waals surface area contributed by atoms with E-state index >= 15 is 0 Å². The van der Waals surface area contributed by atoms with Crippen LogP contribution >= 0.6 is 0 Å². The Labute approximate surface area is 112 Å². The summed E-state index contributed by atoms with van der Waals surface area (Å²) in [5.41, 5.74) is 5.90. The normalized spacial score (nSPS) is 24.7. The van der Waals surface area contributed by atoms with Crippen LogP contribution < -0.4 is 5.73 Å². The van der Waals surface area contributed by atoms with E-state index in [2.05, 4.69) is 4.90 Å². The third-order valence-electron chi connectivity index (χ3n) is 4.09. The molecule has 0 spiro atoms. The summed E-state index contributed by atoms with van der Waals surface area (Å²) in [6.45, 7) is 5.57. The van der Waals surface area contributed by atoms with Crippen LogP contribution in [0, 0.1) is 11.8 Å². The maximum Gasteiger partial charge on any atom is 0.0589 e. The lowest BCUT2D eigenvalue weighted by Crippen LogP contribution is -2.40. The third-order valence-corrected chi connectivity index (χ3v) is 4.09. The molecule has 0 aliphatic heterocycles. The lowest BCUT2D eigenvalue weighted by molar-refractivity contribution is 0.0863. The van der Waals surface area contributed by atoms with E-state index in [4.69, 9.17) is 15.2 Å². The van der Waals surface area contributed by atoms with Gasteiger partial charge in [-0.05, 0) is 31.2 Å². The van der Waals surface area contributed by atoms with Gasteiger partial charge in [0.15, 0.2) is 0 Å². The molecular weight excluding hydrogens is 228 g/mol. The molecule has 4 heteroatoms. The van der Waals surface area contributed by atoms with Gasteiger partial charge in [0.25, 0.3) is 0 Å². The van der Waals surface area contributed by atoms with Gasteiger partial charge in [-0.25, -0.2) is 0 Å². The first-order chi connectivity index (χ1) is 8.81. The van der Waals surface area contributed by atoms with Gasteiger partial charge in [-0.15, -0.1) is 0 Å². The molecule has 1 rings (SSSR count). The second kappa shape index (κ2) is 9.73. The van der Waals surface area contributed by atoms with Crippen molar-refractivity contribution in [3.8, 4) is 0 Å². The fourth-order valence-corrected chi connectivity index (χ4v) is 2.90. The van der Waals surface area contributed by atoms with Crippen LogP contribution in [0.15, 0.2) is 0 Å². The monoisotopic (exact) mass is 258 g/mol. The van der Waals surface area contributed by atoms with Gasteiger partial charge in [0.05, 0.1) is 13.2 Å². The summed E-state index contributed by atoms with van der Waals surface area (Å²) in [5.74, 6) is 1.48. The van der Waals surface area contributed by atoms with Crippen LogP contribution in [0.25, 0.3) is 0 Å². The van der Waals surface area contributed by atoms with Crippen LogP contribution in [0.1, 0.15) is 25.7 Å². The molecule has 0 aromatic carbocycles. The lowest BCUT2D eigenvalue weighted by Gasteiger charge is -2.35. The molecule has 2 unspecified atom stereocenters. The highest BCUT2D eigenvalue weighted by Gasteiger charge is 2.25. The smallest absolute Gasteiger partial charge is 0.0589 e. The van der Waals surface area contributed by atoms with Crippen LogP contribution in [0.5, 0.6) is 0 Å². The van der Waals surface area contributed by atoms with Gasteiger partial charge < -0.3 is 15.2 Å². The summed E-state index contributed by atoms with van der Waals surface area (Å²) in [4.78, 5) is 2.46. The molecule has 0 saturated heterocycles. The number of nitrogens with two attached hydrogens (primary N) is 1. The number of methoxy groups -OCH3 is 2. The minimum Gasteiger partial charge on any atom is -0.383 e. The zero-order valence-electron chi connectivity index (χ0n) is 12.1. The van der Waals surface area contributed by atoms with Gasteiger partial charge in [-0.1, -0.05) is 12.8 Å². The Hall–Kier alpha value is -0.160. The minimum atomic E-state index is 0.714. The largest absolute Gasteiger partial charge is 0.383 e. The quantitative estimate of drug-likeness (QED) is 0.678. The van der Waals surface area contributed by atoms with Crippen molar-refractivity contribution in [2.24, 2.45) is 17.6 Å². The predicted molar refractivity (Wildman–Crippen MR) is 74.7 cm³/mol. The van der Waals surface area contributed by atoms with E-state index in [0.29, 0.717) is 5.92 Å². The molecule has 1 aliphatic rings. The molecule has 2 atom stereocenters. The number of hydrogen-bond donors (Lipinski definition) is 1. The standard InChI is InChI=1S/C14H30N2O2/c1-17-9-7-16(8-10-18-2)12-14-6-4-3-5-13(14)11-15/h13-14H,3-12,15H2,1-2H3. The number of hydrogen-bond acceptors (Lipinski definition) is 4. The fourth-order valence-electron chi connectivity index (χ4n) is 2.90. The van der Waals surface area contributed by atoms with Crippen LogP contribution in [0.4, 0.5) is 0 Å². The Kier molecular flexibility index (Phi) is 8.59. The SMILES string of the molecule is COCCN(CCOC)CC1CCCCC1CN. The average Bonchev–Trinajstić information content (AvgIpc) is 2.42. The molecule has 1 fully saturated rings. The van der Waals surface area contributed by atoms with E-state index in [1.165, 1.54) is 25.7 Å². The van der Waals surface area contributed by atoms with Gasteiger partial charge in [0.1, 0.15) is 0 Å². The second-order valence-corrected chi connectivity index (χ2v) is 5.33. The molecule has 0 bridgehead atoms. The van der Waals surface area contributed by atoms with Gasteiger partial charge in [0.2, 0.25) is 0 Å². The first kappa shape index (κ1) is 15.9. The minimum absolute atomic E-state index is 0.714. The lowest BCUT2D eigenvalue weighted by atomic mass is 9.79. The van der Waals surface area contributed by atoms with E-state index in [1.54, 1.807) is 14.2 Å². The average molecular weight is 258 g/mol. The maximum absolute atomic E-state index is 5.90. The molecular formula is C14H30N2O2. The third kappa shape index (κ3) is 5.65. The van der Waals surface area contributed by atoms with Crippen LogP contribution in [-0.2, 0) is 9.47 Å². The van der Waals surface area contributed by atoms with Gasteiger partial charge in [-0.3, -0.25) is 4.90 Å². The predicted octanol–water partition coefficient (Wildman–Crippen LogP) is 1.35. The van der Waals surface area contributed by atoms with Crippen LogP contribution in [-0.4, -0.2) is 58.5 Å². The zero-order chi connectivity index (χ0) is 13.2. The van der Waals surface area contributed by atoms with E-state index < -0.39 is 0 Å². The summed E-state index contributed by atoms with van der Waals surface area (Å²) in [6, 6.07) is 0. The van der Waals surface area contributed by atoms with Crippen molar-refractivity contribution in [3.63, 3.8) is 0 Å². The topological polar surface area (TPSA) is 47.7 Å². The highest BCUT2D eigenvalue weighted by molar-refractivity contribution is 4.79. The molecule has 0 heterocycles. The summed E-state index contributed by atoms with van der Waals surface area (Å²) in [6.07, 6.45) is 5.36. The number of rotatable bonds is 9. The molecule has 0 radical (unpaired) electrons. The van der Waals surface area contributed by atoms with Gasteiger partial charge in [-0.2, -0.15) is 0 Å². The first-order valence-corrected chi connectivity index (χ1v) is 7.22. The highest BCUT2D eigenvalue weighted by atomic mass is 16.5. The van der Waals surface area contributed by atoms with E-state index in [1.807, 2.05) is 0 Å². The molecule has 0 aromatic heterocycles. The Morgan fingerprint density at radius 3 is 2.06 bits per heavy atom. The summed E-state index contributed by atoms with van der Waals surface area (Å²) in [7, 11) is 3.52. The molecule has 18 heavy (non-hydrogen) atoms. The number of nitrogens with zero attached hydrogens (tertiary/aromatic N) is 1. The Morgan fingerprint density at radius 2 is 1.56 bits per heavy atom. The molecule has 1 aliphatic carbocycles. The summed E-state index contributed by atoms with van der Waals surface area (Å²) in [5, 5.41) is 0. The van der Waals surface area contributed by atoms with E-state index in [9.17, 15) is 0 Å². The zero-order valence-corrected chi connectivity index (χ0v) is 12.1. The Balaban J connectivity index is 2.40. The maximum atomic E-state index is 5.90. The Bertz CT molecular complexity index is 194.